The second-order valence-corrected chi connectivity index (χ2v) is 41.6. The Morgan fingerprint density at radius 1 is 0.273 bits per heavy atom. The molecular formula is C54H50O6P6. The quantitative estimate of drug-likeness (QED) is 0.0934. The van der Waals surface area contributed by atoms with Crippen LogP contribution in [0.25, 0.3) is 120 Å². The minimum Gasteiger partial charge on any atom is -0.320 e. The van der Waals surface area contributed by atoms with Gasteiger partial charge >= 0.3 is 0 Å². The number of allylic oxidation sites excluding steroid dienone is 2. The Kier molecular flexibility index (Phi) is 7.89. The Labute approximate surface area is 383 Å². The van der Waals surface area contributed by atoms with E-state index in [2.05, 4.69) is 60.7 Å². The van der Waals surface area contributed by atoms with Crippen LogP contribution < -0.4 is 21.2 Å². The lowest BCUT2D eigenvalue weighted by atomic mass is 9.70. The van der Waals surface area contributed by atoms with Gasteiger partial charge in [-0.15, -0.1) is 0 Å². The highest BCUT2D eigenvalue weighted by Crippen LogP contribution is 2.64. The summed E-state index contributed by atoms with van der Waals surface area (Å²) in [7, 11) is -17.2. The van der Waals surface area contributed by atoms with Crippen LogP contribution in [0, 0.1) is 0 Å². The summed E-state index contributed by atoms with van der Waals surface area (Å²) in [5, 5.41) is 25.5. The molecule has 0 spiro atoms. The fourth-order valence-corrected chi connectivity index (χ4v) is 17.9. The van der Waals surface area contributed by atoms with Crippen molar-refractivity contribution >= 4 is 184 Å². The lowest BCUT2D eigenvalue weighted by Gasteiger charge is -2.35. The molecule has 0 saturated carbocycles. The summed E-state index contributed by atoms with van der Waals surface area (Å²) in [4.78, 5) is 0. The maximum atomic E-state index is 14.5. The number of hydrogen-bond acceptors (Lipinski definition) is 6. The van der Waals surface area contributed by atoms with E-state index in [1.807, 2.05) is 80.0 Å². The third-order valence-electron chi connectivity index (χ3n) is 15.7. The molecule has 11 aromatic carbocycles. The monoisotopic (exact) mass is 980 g/mol. The molecule has 6 nitrogen and oxygen atoms in total. The molecule has 0 saturated heterocycles. The van der Waals surface area contributed by atoms with Crippen molar-refractivity contribution in [3.05, 3.63) is 81.4 Å². The van der Waals surface area contributed by atoms with Gasteiger partial charge in [0.2, 0.25) is 0 Å². The minimum absolute atomic E-state index is 0.488. The van der Waals surface area contributed by atoms with Crippen molar-refractivity contribution in [3.63, 3.8) is 0 Å². The highest BCUT2D eigenvalue weighted by atomic mass is 31.2. The summed E-state index contributed by atoms with van der Waals surface area (Å²) in [5.41, 5.74) is 4.18. The summed E-state index contributed by atoms with van der Waals surface area (Å²) in [6.45, 7) is 21.9. The van der Waals surface area contributed by atoms with Gasteiger partial charge in [-0.1, -0.05) is 0 Å². The van der Waals surface area contributed by atoms with Gasteiger partial charge in [-0.3, -0.25) is 0 Å². The molecule has 13 rings (SSSR count). The van der Waals surface area contributed by atoms with Crippen LogP contribution in [-0.4, -0.2) is 80.0 Å². The minimum atomic E-state index is -2.89. The zero-order valence-electron chi connectivity index (χ0n) is 39.3. The average molecular weight is 981 g/mol. The molecule has 2 aliphatic carbocycles. The van der Waals surface area contributed by atoms with Crippen molar-refractivity contribution in [2.24, 2.45) is 0 Å². The summed E-state index contributed by atoms with van der Waals surface area (Å²) in [6.07, 6.45) is 5.33. The molecule has 66 heavy (non-hydrogen) atoms. The number of fused-ring (bicyclic) bond motifs is 6. The van der Waals surface area contributed by atoms with Gasteiger partial charge in [0.15, 0.2) is 0 Å². The van der Waals surface area contributed by atoms with Gasteiger partial charge in [0, 0.05) is 34.1 Å². The van der Waals surface area contributed by atoms with Crippen molar-refractivity contribution in [2.75, 3.05) is 80.0 Å². The molecule has 0 radical (unpaired) electrons. The third-order valence-corrected chi connectivity index (χ3v) is 25.0. The Balaban J connectivity index is 1.50. The molecule has 2 aliphatic rings. The summed E-state index contributed by atoms with van der Waals surface area (Å²) in [5.74, 6) is 0. The van der Waals surface area contributed by atoms with Crippen LogP contribution in [0.1, 0.15) is 22.3 Å². The van der Waals surface area contributed by atoms with Crippen LogP contribution in [0.3, 0.4) is 0 Å². The molecule has 0 amide bonds. The number of benzene rings is 11. The summed E-state index contributed by atoms with van der Waals surface area (Å²) < 4.78 is 87.1. The molecule has 0 aliphatic heterocycles. The van der Waals surface area contributed by atoms with E-state index in [1.165, 1.54) is 0 Å². The summed E-state index contributed by atoms with van der Waals surface area (Å²) in [6, 6.07) is 17.0. The Morgan fingerprint density at radius 2 is 0.485 bits per heavy atom. The van der Waals surface area contributed by atoms with Crippen LogP contribution in [0.5, 0.6) is 0 Å². The average Bonchev–Trinajstić information content (AvgIpc) is 3.21. The Morgan fingerprint density at radius 3 is 0.712 bits per heavy atom. The van der Waals surface area contributed by atoms with E-state index in [0.717, 1.165) is 162 Å². The largest absolute Gasteiger partial charge is 0.320 e. The highest BCUT2D eigenvalue weighted by molar-refractivity contribution is 7.71. The molecule has 0 unspecified atom stereocenters. The van der Waals surface area contributed by atoms with E-state index in [1.54, 1.807) is 0 Å². The second kappa shape index (κ2) is 12.3. The molecule has 0 atom stereocenters. The molecule has 332 valence electrons. The molecule has 0 N–H and O–H groups in total. The standard InChI is InChI=1S/C54H50O6P6/c1-61(2,55)25-13-31-33-15-26(62(3,4)56)17-35-37-19-28(64(7,8)58)21-39-41-23-30(66(11,12)60)24-42-40-22-29(65(9,10)59)20-38-36-18-27(63(5,6)57)16-34-32(14-25)43(31)49-50(44(33)35)52(46(37)39)54(48(41)42)53(47(38)40)51(49)45(34)36/h13-21,23H,22,24H2,1-12H3. The van der Waals surface area contributed by atoms with Gasteiger partial charge in [0.05, 0.1) is 0 Å². The predicted molar refractivity (Wildman–Crippen MR) is 296 cm³/mol. The van der Waals surface area contributed by atoms with Crippen LogP contribution >= 0.6 is 42.9 Å². The fraction of sp³-hybridized carbons (Fsp3) is 0.259. The van der Waals surface area contributed by atoms with Gasteiger partial charge in [0.1, 0.15) is 42.9 Å². The number of hydrogen-bond donors (Lipinski definition) is 0. The molecule has 0 heterocycles. The van der Waals surface area contributed by atoms with Crippen molar-refractivity contribution in [3.8, 4) is 0 Å². The Bertz CT molecular complexity index is 4240. The van der Waals surface area contributed by atoms with Crippen molar-refractivity contribution in [1.29, 1.82) is 0 Å². The van der Waals surface area contributed by atoms with Gasteiger partial charge in [0.25, 0.3) is 0 Å². The third kappa shape index (κ3) is 5.26. The van der Waals surface area contributed by atoms with Gasteiger partial charge in [-0.25, -0.2) is 0 Å². The first-order valence-electron chi connectivity index (χ1n) is 22.5. The van der Waals surface area contributed by atoms with Crippen LogP contribution in [0.4, 0.5) is 0 Å². The number of rotatable bonds is 6. The van der Waals surface area contributed by atoms with E-state index in [4.69, 9.17) is 0 Å². The maximum Gasteiger partial charge on any atom is 0.109 e. The smallest absolute Gasteiger partial charge is 0.109 e. The Hall–Kier alpha value is -3.82. The first kappa shape index (κ1) is 42.3. The van der Waals surface area contributed by atoms with Crippen molar-refractivity contribution in [2.45, 2.75) is 12.8 Å². The molecule has 0 bridgehead atoms. The van der Waals surface area contributed by atoms with E-state index in [-0.39, 0.29) is 0 Å². The van der Waals surface area contributed by atoms with Crippen LogP contribution in [-0.2, 0) is 40.2 Å². The maximum absolute atomic E-state index is 14.5. The van der Waals surface area contributed by atoms with Crippen molar-refractivity contribution < 1.29 is 27.4 Å². The van der Waals surface area contributed by atoms with E-state index < -0.39 is 42.9 Å². The molecule has 0 fully saturated rings. The van der Waals surface area contributed by atoms with Gasteiger partial charge in [-0.2, -0.15) is 0 Å². The predicted octanol–water partition coefficient (Wildman–Crippen LogP) is 14.4. The zero-order valence-corrected chi connectivity index (χ0v) is 44.7. The fourth-order valence-electron chi connectivity index (χ4n) is 12.4. The normalized spacial score (nSPS) is 16.0. The van der Waals surface area contributed by atoms with E-state index in [0.29, 0.717) is 12.8 Å². The molecule has 0 aromatic heterocycles. The second-order valence-electron chi connectivity index (χ2n) is 22.2. The van der Waals surface area contributed by atoms with Crippen LogP contribution in [0.15, 0.2) is 59.2 Å². The molecule has 11 aromatic rings. The lowest BCUT2D eigenvalue weighted by molar-refractivity contribution is 0.584. The SMILES string of the molecule is CP(C)(=O)C1=Cc2c3cc(P(C)(C)=O)cc4c5cc(P(C)(C)=O)cc6c7cc(P(C)(C)=O)cc8c9cc(P(C)(C)=O)cc%10c%11c%12c(c(c2c2c%12c(c%109)c(c87)c(c56)c2c34)C1)CC(P(C)(C)=O)=C%11. The molecule has 12 heteroatoms. The van der Waals surface area contributed by atoms with Gasteiger partial charge in [-0.05, 0) is 281 Å². The molecular weight excluding hydrogens is 930 g/mol. The zero-order chi connectivity index (χ0) is 46.8. The first-order chi connectivity index (χ1) is 30.5. The highest BCUT2D eigenvalue weighted by Gasteiger charge is 2.38. The van der Waals surface area contributed by atoms with Crippen molar-refractivity contribution in [1.82, 2.24) is 0 Å². The van der Waals surface area contributed by atoms with E-state index in [9.17, 15) is 27.4 Å². The van der Waals surface area contributed by atoms with Gasteiger partial charge < -0.3 is 27.4 Å². The van der Waals surface area contributed by atoms with E-state index >= 15 is 0 Å². The van der Waals surface area contributed by atoms with Crippen LogP contribution in [0.2, 0.25) is 0 Å². The summed E-state index contributed by atoms with van der Waals surface area (Å²) >= 11 is 0. The topological polar surface area (TPSA) is 102 Å². The first-order valence-corrected chi connectivity index (χ1v) is 38.1. The lowest BCUT2D eigenvalue weighted by Crippen LogP contribution is -2.14.